The number of Topliss-reactive ketones (excluding diaryl/α,β-unsaturated/α-hetero) is 1. The summed E-state index contributed by atoms with van der Waals surface area (Å²) in [6.07, 6.45) is 1.33. The first kappa shape index (κ1) is 30.2. The number of ether oxygens (including phenoxy) is 5. The number of nitrogens with zero attached hydrogens (tertiary/aromatic N) is 1. The monoisotopic (exact) mass is 593 g/mol. The van der Waals surface area contributed by atoms with E-state index in [9.17, 15) is 9.59 Å². The van der Waals surface area contributed by atoms with Crippen LogP contribution in [0.2, 0.25) is 0 Å². The van der Waals surface area contributed by atoms with E-state index in [4.69, 9.17) is 23.7 Å². The highest BCUT2D eigenvalue weighted by molar-refractivity contribution is 6.24. The van der Waals surface area contributed by atoms with Crippen molar-refractivity contribution >= 4 is 17.4 Å². The molecule has 1 amide bonds. The minimum absolute atomic E-state index is 0.0793. The molecule has 0 saturated heterocycles. The molecule has 4 aromatic carbocycles. The first-order valence-electron chi connectivity index (χ1n) is 14.2. The SMILES string of the molecule is COc1cc(CC2C(c3cccc(OC)c3)C(=O)C(c3cccc(OC)c3)=CN2C(=O)OCc2ccccc2)cc(OC)c1. The lowest BCUT2D eigenvalue weighted by atomic mass is 9.77. The summed E-state index contributed by atoms with van der Waals surface area (Å²) in [5.41, 5.74) is 3.39. The molecule has 2 unspecified atom stereocenters. The molecule has 0 N–H and O–H groups in total. The Morgan fingerprint density at radius 2 is 1.32 bits per heavy atom. The van der Waals surface area contributed by atoms with Gasteiger partial charge >= 0.3 is 6.09 Å². The van der Waals surface area contributed by atoms with E-state index in [1.165, 1.54) is 4.90 Å². The van der Waals surface area contributed by atoms with Crippen molar-refractivity contribution in [3.8, 4) is 23.0 Å². The van der Waals surface area contributed by atoms with Crippen molar-refractivity contribution < 1.29 is 33.3 Å². The molecule has 0 fully saturated rings. The van der Waals surface area contributed by atoms with Crippen LogP contribution in [0.4, 0.5) is 4.79 Å². The number of amides is 1. The Kier molecular flexibility index (Phi) is 9.49. The molecule has 0 aromatic heterocycles. The van der Waals surface area contributed by atoms with E-state index in [-0.39, 0.29) is 12.4 Å². The summed E-state index contributed by atoms with van der Waals surface area (Å²) in [7, 11) is 6.31. The molecule has 0 saturated carbocycles. The zero-order valence-corrected chi connectivity index (χ0v) is 25.2. The summed E-state index contributed by atoms with van der Waals surface area (Å²) in [5, 5.41) is 0. The average Bonchev–Trinajstić information content (AvgIpc) is 3.07. The quantitative estimate of drug-likeness (QED) is 0.203. The second kappa shape index (κ2) is 13.8. The zero-order valence-electron chi connectivity index (χ0n) is 25.2. The number of carbonyl (C=O) groups excluding carboxylic acids is 2. The molecule has 0 aliphatic carbocycles. The number of allylic oxidation sites excluding steroid dienone is 1. The van der Waals surface area contributed by atoms with Gasteiger partial charge in [0.1, 0.15) is 29.6 Å². The van der Waals surface area contributed by atoms with Gasteiger partial charge in [0.2, 0.25) is 0 Å². The maximum absolute atomic E-state index is 14.5. The van der Waals surface area contributed by atoms with E-state index in [0.717, 1.165) is 11.1 Å². The van der Waals surface area contributed by atoms with Crippen molar-refractivity contribution in [1.29, 1.82) is 0 Å². The van der Waals surface area contributed by atoms with Crippen molar-refractivity contribution in [3.63, 3.8) is 0 Å². The predicted octanol–water partition coefficient (Wildman–Crippen LogP) is 6.68. The molecule has 4 aromatic rings. The largest absolute Gasteiger partial charge is 0.497 e. The Labute approximate surface area is 257 Å². The van der Waals surface area contributed by atoms with Crippen molar-refractivity contribution in [1.82, 2.24) is 4.90 Å². The van der Waals surface area contributed by atoms with Crippen LogP contribution in [0.15, 0.2) is 103 Å². The van der Waals surface area contributed by atoms with Crippen LogP contribution in [0.3, 0.4) is 0 Å². The van der Waals surface area contributed by atoms with Gasteiger partial charge in [-0.25, -0.2) is 4.79 Å². The van der Waals surface area contributed by atoms with Gasteiger partial charge in [0, 0.05) is 17.8 Å². The first-order chi connectivity index (χ1) is 21.4. The number of ketones is 1. The molecule has 0 spiro atoms. The lowest BCUT2D eigenvalue weighted by Gasteiger charge is -2.39. The normalized spacial score (nSPS) is 16.1. The zero-order chi connectivity index (χ0) is 31.1. The number of hydrogen-bond acceptors (Lipinski definition) is 7. The number of methoxy groups -OCH3 is 4. The van der Waals surface area contributed by atoms with Gasteiger partial charge in [0.25, 0.3) is 0 Å². The Balaban J connectivity index is 1.65. The molecule has 1 aliphatic heterocycles. The highest BCUT2D eigenvalue weighted by Gasteiger charge is 2.42. The number of benzene rings is 4. The minimum Gasteiger partial charge on any atom is -0.497 e. The molecule has 8 nitrogen and oxygen atoms in total. The van der Waals surface area contributed by atoms with Crippen LogP contribution in [0.1, 0.15) is 28.2 Å². The molecular formula is C36H35NO7. The van der Waals surface area contributed by atoms with Crippen LogP contribution in [0.25, 0.3) is 5.57 Å². The summed E-state index contributed by atoms with van der Waals surface area (Å²) in [5.74, 6) is 1.51. The Morgan fingerprint density at radius 1 is 0.682 bits per heavy atom. The van der Waals surface area contributed by atoms with Crippen molar-refractivity contribution in [2.75, 3.05) is 28.4 Å². The Hall–Kier alpha value is -5.24. The topological polar surface area (TPSA) is 83.5 Å². The van der Waals surface area contributed by atoms with E-state index < -0.39 is 18.1 Å². The van der Waals surface area contributed by atoms with Gasteiger partial charge in [-0.15, -0.1) is 0 Å². The molecule has 5 rings (SSSR count). The first-order valence-corrected chi connectivity index (χ1v) is 14.2. The molecule has 1 aliphatic rings. The molecule has 1 heterocycles. The van der Waals surface area contributed by atoms with Gasteiger partial charge in [-0.2, -0.15) is 0 Å². The predicted molar refractivity (Wildman–Crippen MR) is 167 cm³/mol. The molecule has 2 atom stereocenters. The Bertz CT molecular complexity index is 1630. The lowest BCUT2D eigenvalue weighted by molar-refractivity contribution is -0.116. The maximum atomic E-state index is 14.5. The third kappa shape index (κ3) is 6.70. The summed E-state index contributed by atoms with van der Waals surface area (Å²) in [4.78, 5) is 30.1. The van der Waals surface area contributed by atoms with Crippen LogP contribution >= 0.6 is 0 Å². The lowest BCUT2D eigenvalue weighted by Crippen LogP contribution is -2.48. The fraction of sp³-hybridized carbons (Fsp3) is 0.222. The van der Waals surface area contributed by atoms with Crippen molar-refractivity contribution in [2.45, 2.75) is 25.0 Å². The third-order valence-electron chi connectivity index (χ3n) is 7.66. The molecule has 226 valence electrons. The van der Waals surface area contributed by atoms with Crippen LogP contribution in [-0.4, -0.2) is 51.3 Å². The van der Waals surface area contributed by atoms with Crippen molar-refractivity contribution in [3.05, 3.63) is 126 Å². The van der Waals surface area contributed by atoms with Crippen LogP contribution in [-0.2, 0) is 22.6 Å². The van der Waals surface area contributed by atoms with E-state index in [0.29, 0.717) is 46.1 Å². The summed E-state index contributed by atoms with van der Waals surface area (Å²) >= 11 is 0. The van der Waals surface area contributed by atoms with Crippen LogP contribution < -0.4 is 18.9 Å². The van der Waals surface area contributed by atoms with Gasteiger partial charge in [0.05, 0.1) is 40.4 Å². The molecule has 8 heteroatoms. The molecule has 44 heavy (non-hydrogen) atoms. The van der Waals surface area contributed by atoms with Gasteiger partial charge in [-0.1, -0.05) is 54.6 Å². The second-order valence-electron chi connectivity index (χ2n) is 10.3. The summed E-state index contributed by atoms with van der Waals surface area (Å²) in [6.45, 7) is 0.0793. The fourth-order valence-corrected chi connectivity index (χ4v) is 5.44. The number of rotatable bonds is 10. The number of hydrogen-bond donors (Lipinski definition) is 0. The number of carbonyl (C=O) groups is 2. The second-order valence-corrected chi connectivity index (χ2v) is 10.3. The van der Waals surface area contributed by atoms with Crippen LogP contribution in [0, 0.1) is 0 Å². The third-order valence-corrected chi connectivity index (χ3v) is 7.66. The maximum Gasteiger partial charge on any atom is 0.414 e. The van der Waals surface area contributed by atoms with E-state index in [1.807, 2.05) is 84.9 Å². The van der Waals surface area contributed by atoms with Gasteiger partial charge < -0.3 is 23.7 Å². The molecule has 0 radical (unpaired) electrons. The summed E-state index contributed by atoms with van der Waals surface area (Å²) < 4.78 is 27.8. The fourth-order valence-electron chi connectivity index (χ4n) is 5.44. The molecular weight excluding hydrogens is 558 g/mol. The average molecular weight is 594 g/mol. The Morgan fingerprint density at radius 3 is 1.98 bits per heavy atom. The smallest absolute Gasteiger partial charge is 0.414 e. The van der Waals surface area contributed by atoms with E-state index in [2.05, 4.69) is 0 Å². The highest BCUT2D eigenvalue weighted by atomic mass is 16.6. The van der Waals surface area contributed by atoms with Gasteiger partial charge in [-0.3, -0.25) is 9.69 Å². The molecule has 0 bridgehead atoms. The standard InChI is InChI=1S/C36H35NO7/c1-40-28-14-8-12-26(19-28)32-22-37(36(39)44-23-24-10-6-5-7-11-24)33(18-25-16-30(42-3)21-31(17-25)43-4)34(35(32)38)27-13-9-15-29(20-27)41-2/h5-17,19-22,33-34H,18,23H2,1-4H3. The van der Waals surface area contributed by atoms with Gasteiger partial charge in [0.15, 0.2) is 5.78 Å². The van der Waals surface area contributed by atoms with E-state index >= 15 is 0 Å². The van der Waals surface area contributed by atoms with Crippen molar-refractivity contribution in [2.24, 2.45) is 0 Å². The summed E-state index contributed by atoms with van der Waals surface area (Å²) in [6, 6.07) is 29.0. The minimum atomic E-state index is -0.752. The van der Waals surface area contributed by atoms with E-state index in [1.54, 1.807) is 46.8 Å². The van der Waals surface area contributed by atoms with Crippen LogP contribution in [0.5, 0.6) is 23.0 Å². The highest BCUT2D eigenvalue weighted by Crippen LogP contribution is 2.40. The van der Waals surface area contributed by atoms with Gasteiger partial charge in [-0.05, 0) is 65.1 Å².